The van der Waals surface area contributed by atoms with E-state index >= 15 is 0 Å². The minimum atomic E-state index is 0.217. The fourth-order valence-corrected chi connectivity index (χ4v) is 1.43. The van der Waals surface area contributed by atoms with Crippen molar-refractivity contribution >= 4 is 23.1 Å². The van der Waals surface area contributed by atoms with E-state index in [0.717, 1.165) is 6.42 Å². The van der Waals surface area contributed by atoms with Crippen molar-refractivity contribution in [3.63, 3.8) is 0 Å². The van der Waals surface area contributed by atoms with Gasteiger partial charge in [-0.15, -0.1) is 0 Å². The van der Waals surface area contributed by atoms with E-state index in [2.05, 4.69) is 29.1 Å². The Morgan fingerprint density at radius 3 is 3.00 bits per heavy atom. The van der Waals surface area contributed by atoms with Crippen molar-refractivity contribution in [3.05, 3.63) is 11.5 Å². The average Bonchev–Trinajstić information content (AvgIpc) is 2.20. The van der Waals surface area contributed by atoms with Crippen molar-refractivity contribution in [3.8, 4) is 0 Å². The molecule has 5 heteroatoms. The van der Waals surface area contributed by atoms with E-state index in [1.807, 2.05) is 0 Å². The zero-order chi connectivity index (χ0) is 11.3. The Balaban J connectivity index is 2.59. The Labute approximate surface area is 95.3 Å². The van der Waals surface area contributed by atoms with Gasteiger partial charge < -0.3 is 11.1 Å². The molecular formula is C10H17ClN4. The number of nitrogens with one attached hydrogen (secondary N) is 1. The van der Waals surface area contributed by atoms with E-state index in [4.69, 9.17) is 17.3 Å². The maximum Gasteiger partial charge on any atom is 0.224 e. The number of hydrogen-bond acceptors (Lipinski definition) is 4. The van der Waals surface area contributed by atoms with Crippen molar-refractivity contribution in [2.45, 2.75) is 39.2 Å². The fourth-order valence-electron chi connectivity index (χ4n) is 1.30. The summed E-state index contributed by atoms with van der Waals surface area (Å²) in [4.78, 5) is 7.84. The number of aromatic nitrogens is 2. The molecule has 0 aliphatic carbocycles. The van der Waals surface area contributed by atoms with Crippen LogP contribution < -0.4 is 11.1 Å². The quantitative estimate of drug-likeness (QED) is 0.761. The zero-order valence-electron chi connectivity index (χ0n) is 9.13. The fraction of sp³-hybridized carbons (Fsp3) is 0.600. The van der Waals surface area contributed by atoms with Crippen LogP contribution in [-0.2, 0) is 0 Å². The van der Waals surface area contributed by atoms with Crippen LogP contribution in [-0.4, -0.2) is 16.0 Å². The van der Waals surface area contributed by atoms with Gasteiger partial charge in [-0.2, -0.15) is 4.98 Å². The van der Waals surface area contributed by atoms with Gasteiger partial charge in [0.1, 0.15) is 0 Å². The summed E-state index contributed by atoms with van der Waals surface area (Å²) in [6, 6.07) is 0.346. The lowest BCUT2D eigenvalue weighted by atomic mass is 10.1. The van der Waals surface area contributed by atoms with Gasteiger partial charge in [-0.05, 0) is 24.9 Å². The highest BCUT2D eigenvalue weighted by atomic mass is 35.5. The highest BCUT2D eigenvalue weighted by Gasteiger charge is 2.06. The number of nitrogens with zero attached hydrogens (tertiary/aromatic N) is 2. The topological polar surface area (TPSA) is 63.8 Å². The predicted molar refractivity (Wildman–Crippen MR) is 64.1 cm³/mol. The van der Waals surface area contributed by atoms with Crippen molar-refractivity contribution in [2.24, 2.45) is 0 Å². The van der Waals surface area contributed by atoms with Gasteiger partial charge in [0.25, 0.3) is 0 Å². The zero-order valence-corrected chi connectivity index (χ0v) is 9.88. The van der Waals surface area contributed by atoms with E-state index in [0.29, 0.717) is 17.5 Å². The van der Waals surface area contributed by atoms with Crippen molar-refractivity contribution < 1.29 is 0 Å². The van der Waals surface area contributed by atoms with Crippen LogP contribution in [0.3, 0.4) is 0 Å². The first kappa shape index (κ1) is 12.0. The molecule has 0 spiro atoms. The second kappa shape index (κ2) is 5.75. The van der Waals surface area contributed by atoms with E-state index in [9.17, 15) is 0 Å². The van der Waals surface area contributed by atoms with Gasteiger partial charge >= 0.3 is 0 Å². The monoisotopic (exact) mass is 228 g/mol. The summed E-state index contributed by atoms with van der Waals surface area (Å²) in [5.41, 5.74) is 6.25. The molecule has 15 heavy (non-hydrogen) atoms. The number of nitrogen functional groups attached to an aromatic ring is 1. The molecule has 1 heterocycles. The van der Waals surface area contributed by atoms with Crippen molar-refractivity contribution in [2.75, 3.05) is 11.1 Å². The van der Waals surface area contributed by atoms with Gasteiger partial charge in [-0.3, -0.25) is 0 Å². The molecule has 0 saturated heterocycles. The van der Waals surface area contributed by atoms with Crippen molar-refractivity contribution in [1.82, 2.24) is 9.97 Å². The molecule has 0 aliphatic heterocycles. The Morgan fingerprint density at radius 2 is 2.33 bits per heavy atom. The average molecular weight is 229 g/mol. The van der Waals surface area contributed by atoms with Gasteiger partial charge in [0.05, 0.1) is 11.9 Å². The summed E-state index contributed by atoms with van der Waals surface area (Å²) < 4.78 is 0. The molecule has 4 nitrogen and oxygen atoms in total. The third kappa shape index (κ3) is 3.91. The first-order valence-corrected chi connectivity index (χ1v) is 5.55. The molecular weight excluding hydrogens is 212 g/mol. The van der Waals surface area contributed by atoms with Crippen LogP contribution >= 0.6 is 11.6 Å². The molecule has 0 amide bonds. The Hall–Kier alpha value is -1.03. The summed E-state index contributed by atoms with van der Waals surface area (Å²) in [5, 5.41) is 3.44. The van der Waals surface area contributed by atoms with Gasteiger partial charge in [0.2, 0.25) is 5.28 Å². The lowest BCUT2D eigenvalue weighted by Gasteiger charge is -2.15. The lowest BCUT2D eigenvalue weighted by molar-refractivity contribution is 0.643. The molecule has 1 rings (SSSR count). The van der Waals surface area contributed by atoms with Crippen LogP contribution in [0.1, 0.15) is 33.1 Å². The van der Waals surface area contributed by atoms with Crippen LogP contribution in [0.4, 0.5) is 11.5 Å². The first-order valence-electron chi connectivity index (χ1n) is 5.18. The molecule has 0 aromatic carbocycles. The largest absolute Gasteiger partial charge is 0.394 e. The van der Waals surface area contributed by atoms with E-state index in [1.165, 1.54) is 19.0 Å². The molecule has 1 atom stereocenters. The normalized spacial score (nSPS) is 12.5. The molecule has 0 radical (unpaired) electrons. The molecule has 1 unspecified atom stereocenters. The maximum atomic E-state index is 5.72. The third-order valence-corrected chi connectivity index (χ3v) is 2.34. The first-order chi connectivity index (χ1) is 7.13. The molecule has 84 valence electrons. The summed E-state index contributed by atoms with van der Waals surface area (Å²) in [7, 11) is 0. The lowest BCUT2D eigenvalue weighted by Crippen LogP contribution is -2.17. The van der Waals surface area contributed by atoms with Crippen LogP contribution in [0.5, 0.6) is 0 Å². The Kier molecular flexibility index (Phi) is 4.62. The van der Waals surface area contributed by atoms with Crippen LogP contribution in [0.25, 0.3) is 0 Å². The van der Waals surface area contributed by atoms with Gasteiger partial charge in [-0.25, -0.2) is 4.98 Å². The van der Waals surface area contributed by atoms with Gasteiger partial charge in [0.15, 0.2) is 5.82 Å². The molecule has 0 saturated carbocycles. The van der Waals surface area contributed by atoms with Crippen molar-refractivity contribution in [1.29, 1.82) is 0 Å². The highest BCUT2D eigenvalue weighted by Crippen LogP contribution is 2.17. The minimum absolute atomic E-state index is 0.217. The Morgan fingerprint density at radius 1 is 1.60 bits per heavy atom. The number of hydrogen-bond donors (Lipinski definition) is 2. The molecule has 0 aliphatic rings. The summed E-state index contributed by atoms with van der Waals surface area (Å²) in [6.07, 6.45) is 4.99. The van der Waals surface area contributed by atoms with E-state index in [-0.39, 0.29) is 5.28 Å². The minimum Gasteiger partial charge on any atom is -0.394 e. The molecule has 3 N–H and O–H groups in total. The second-order valence-electron chi connectivity index (χ2n) is 3.63. The molecule has 1 aromatic heterocycles. The number of nitrogens with two attached hydrogens (primary N) is 1. The number of halogens is 1. The highest BCUT2D eigenvalue weighted by molar-refractivity contribution is 6.28. The summed E-state index contributed by atoms with van der Waals surface area (Å²) >= 11 is 5.69. The van der Waals surface area contributed by atoms with Crippen LogP contribution in [0.2, 0.25) is 5.28 Å². The standard InChI is InChI=1S/C10H17ClN4/c1-3-4-5-7(2)14-9-8(12)6-13-10(11)15-9/h6-7H,3-5,12H2,1-2H3,(H,13,14,15). The summed E-state index contributed by atoms with van der Waals surface area (Å²) in [5.74, 6) is 0.624. The Bertz CT molecular complexity index is 316. The van der Waals surface area contributed by atoms with Crippen LogP contribution in [0.15, 0.2) is 6.20 Å². The van der Waals surface area contributed by atoms with E-state index in [1.54, 1.807) is 0 Å². The second-order valence-corrected chi connectivity index (χ2v) is 3.97. The van der Waals surface area contributed by atoms with Gasteiger partial charge in [-0.1, -0.05) is 19.8 Å². The van der Waals surface area contributed by atoms with E-state index < -0.39 is 0 Å². The molecule has 1 aromatic rings. The summed E-state index contributed by atoms with van der Waals surface area (Å²) in [6.45, 7) is 4.27. The molecule has 0 bridgehead atoms. The number of rotatable bonds is 5. The van der Waals surface area contributed by atoms with Gasteiger partial charge in [0, 0.05) is 6.04 Å². The third-order valence-electron chi connectivity index (χ3n) is 2.16. The smallest absolute Gasteiger partial charge is 0.224 e. The van der Waals surface area contributed by atoms with Crippen LogP contribution in [0, 0.1) is 0 Å². The SMILES string of the molecule is CCCCC(C)Nc1nc(Cl)ncc1N. The number of unbranched alkanes of at least 4 members (excludes halogenated alkanes) is 1. The predicted octanol–water partition coefficient (Wildman–Crippen LogP) is 2.70. The molecule has 0 fully saturated rings. The maximum absolute atomic E-state index is 5.72. The number of anilines is 2.